The zero-order chi connectivity index (χ0) is 19.6. The van der Waals surface area contributed by atoms with Crippen LogP contribution in [0.3, 0.4) is 0 Å². The number of hydrogen-bond acceptors (Lipinski definition) is 6. The van der Waals surface area contributed by atoms with Gasteiger partial charge in [-0.1, -0.05) is 18.2 Å². The molecule has 27 heavy (non-hydrogen) atoms. The highest BCUT2D eigenvalue weighted by molar-refractivity contribution is 5.92. The van der Waals surface area contributed by atoms with Gasteiger partial charge in [0, 0.05) is 6.54 Å². The number of esters is 1. The molecule has 0 aliphatic rings. The van der Waals surface area contributed by atoms with Gasteiger partial charge in [-0.3, -0.25) is 4.79 Å². The molecular formula is C20H23NO6. The van der Waals surface area contributed by atoms with Crippen molar-refractivity contribution in [3.63, 3.8) is 0 Å². The van der Waals surface area contributed by atoms with Crippen LogP contribution >= 0.6 is 0 Å². The van der Waals surface area contributed by atoms with E-state index in [4.69, 9.17) is 18.9 Å². The molecule has 0 aliphatic heterocycles. The summed E-state index contributed by atoms with van der Waals surface area (Å²) in [5, 5.41) is 2.78. The summed E-state index contributed by atoms with van der Waals surface area (Å²) in [7, 11) is 4.45. The molecule has 0 aliphatic carbocycles. The molecule has 0 unspecified atom stereocenters. The van der Waals surface area contributed by atoms with Crippen molar-refractivity contribution in [3.05, 3.63) is 53.6 Å². The van der Waals surface area contributed by atoms with E-state index in [-0.39, 0.29) is 18.1 Å². The molecule has 0 atom stereocenters. The van der Waals surface area contributed by atoms with E-state index in [0.717, 1.165) is 5.56 Å². The van der Waals surface area contributed by atoms with Gasteiger partial charge < -0.3 is 24.3 Å². The van der Waals surface area contributed by atoms with Gasteiger partial charge in [0.15, 0.2) is 18.1 Å². The standard InChI is InChI=1S/C20H23NO6/c1-24-17-9-8-14(12-18(17)25-2)10-11-21-19(22)13-27-16-7-5-4-6-15(16)20(23)26-3/h4-9,12H,10-11,13H2,1-3H3,(H,21,22). The lowest BCUT2D eigenvalue weighted by Crippen LogP contribution is -2.30. The molecule has 0 saturated carbocycles. The SMILES string of the molecule is COC(=O)c1ccccc1OCC(=O)NCCc1ccc(OC)c(OC)c1. The topological polar surface area (TPSA) is 83.1 Å². The first kappa shape index (κ1) is 20.1. The van der Waals surface area contributed by atoms with Crippen LogP contribution in [0.4, 0.5) is 0 Å². The van der Waals surface area contributed by atoms with Crippen molar-refractivity contribution in [2.75, 3.05) is 34.5 Å². The highest BCUT2D eigenvalue weighted by atomic mass is 16.5. The molecule has 0 fully saturated rings. The monoisotopic (exact) mass is 373 g/mol. The Morgan fingerprint density at radius 3 is 2.37 bits per heavy atom. The van der Waals surface area contributed by atoms with Crippen LogP contribution in [0.5, 0.6) is 17.2 Å². The molecule has 0 saturated heterocycles. The van der Waals surface area contributed by atoms with Gasteiger partial charge >= 0.3 is 5.97 Å². The first-order chi connectivity index (χ1) is 13.1. The number of carbonyl (C=O) groups is 2. The summed E-state index contributed by atoms with van der Waals surface area (Å²) in [6.45, 7) is 0.246. The predicted octanol–water partition coefficient (Wildman–Crippen LogP) is 2.23. The van der Waals surface area contributed by atoms with Crippen LogP contribution in [0.15, 0.2) is 42.5 Å². The van der Waals surface area contributed by atoms with Gasteiger partial charge in [0.25, 0.3) is 5.91 Å². The van der Waals surface area contributed by atoms with Crippen LogP contribution in [0.2, 0.25) is 0 Å². The number of rotatable bonds is 9. The number of amides is 1. The fourth-order valence-electron chi connectivity index (χ4n) is 2.45. The van der Waals surface area contributed by atoms with E-state index in [1.165, 1.54) is 7.11 Å². The summed E-state index contributed by atoms with van der Waals surface area (Å²) in [5.74, 6) is 0.807. The Balaban J connectivity index is 1.83. The average molecular weight is 373 g/mol. The number of carbonyl (C=O) groups excluding carboxylic acids is 2. The van der Waals surface area contributed by atoms with Crippen molar-refractivity contribution in [3.8, 4) is 17.2 Å². The number of ether oxygens (including phenoxy) is 4. The lowest BCUT2D eigenvalue weighted by Gasteiger charge is -2.11. The summed E-state index contributed by atoms with van der Waals surface area (Å²) < 4.78 is 20.6. The van der Waals surface area contributed by atoms with Gasteiger partial charge in [-0.15, -0.1) is 0 Å². The van der Waals surface area contributed by atoms with E-state index in [1.54, 1.807) is 38.5 Å². The molecule has 2 aromatic rings. The van der Waals surface area contributed by atoms with Crippen molar-refractivity contribution >= 4 is 11.9 Å². The van der Waals surface area contributed by atoms with Gasteiger partial charge in [0.05, 0.1) is 21.3 Å². The highest BCUT2D eigenvalue weighted by Crippen LogP contribution is 2.27. The first-order valence-electron chi connectivity index (χ1n) is 8.36. The highest BCUT2D eigenvalue weighted by Gasteiger charge is 2.13. The maximum Gasteiger partial charge on any atom is 0.341 e. The Morgan fingerprint density at radius 1 is 0.926 bits per heavy atom. The van der Waals surface area contributed by atoms with Gasteiger partial charge in [-0.2, -0.15) is 0 Å². The first-order valence-corrected chi connectivity index (χ1v) is 8.36. The van der Waals surface area contributed by atoms with Crippen LogP contribution in [0.1, 0.15) is 15.9 Å². The van der Waals surface area contributed by atoms with Crippen LogP contribution in [0, 0.1) is 0 Å². The van der Waals surface area contributed by atoms with Crippen molar-refractivity contribution in [2.45, 2.75) is 6.42 Å². The summed E-state index contributed by atoms with van der Waals surface area (Å²) in [5.41, 5.74) is 1.28. The van der Waals surface area contributed by atoms with Crippen molar-refractivity contribution in [1.29, 1.82) is 0 Å². The molecular weight excluding hydrogens is 350 g/mol. The second kappa shape index (κ2) is 10.1. The molecule has 144 valence electrons. The summed E-state index contributed by atoms with van der Waals surface area (Å²) >= 11 is 0. The molecule has 0 radical (unpaired) electrons. The molecule has 0 heterocycles. The van der Waals surface area contributed by atoms with Crippen molar-refractivity contribution < 1.29 is 28.5 Å². The molecule has 0 aromatic heterocycles. The Hall–Kier alpha value is -3.22. The van der Waals surface area contributed by atoms with E-state index < -0.39 is 5.97 Å². The van der Waals surface area contributed by atoms with E-state index in [2.05, 4.69) is 5.32 Å². The van der Waals surface area contributed by atoms with Crippen LogP contribution in [0.25, 0.3) is 0 Å². The molecule has 0 spiro atoms. The van der Waals surface area contributed by atoms with Crippen molar-refractivity contribution in [2.24, 2.45) is 0 Å². The molecule has 1 N–H and O–H groups in total. The number of methoxy groups -OCH3 is 3. The Kier molecular flexibility index (Phi) is 7.49. The van der Waals surface area contributed by atoms with Gasteiger partial charge in [-0.05, 0) is 36.2 Å². The smallest absolute Gasteiger partial charge is 0.341 e. The zero-order valence-electron chi connectivity index (χ0n) is 15.6. The third kappa shape index (κ3) is 5.64. The maximum absolute atomic E-state index is 12.0. The molecule has 7 nitrogen and oxygen atoms in total. The fraction of sp³-hybridized carbons (Fsp3) is 0.300. The van der Waals surface area contributed by atoms with E-state index in [0.29, 0.717) is 30.2 Å². The predicted molar refractivity (Wildman–Crippen MR) is 99.5 cm³/mol. The van der Waals surface area contributed by atoms with Crippen LogP contribution in [-0.2, 0) is 16.0 Å². The second-order valence-corrected chi connectivity index (χ2v) is 5.57. The van der Waals surface area contributed by atoms with E-state index >= 15 is 0 Å². The fourth-order valence-corrected chi connectivity index (χ4v) is 2.45. The molecule has 1 amide bonds. The minimum absolute atomic E-state index is 0.195. The summed E-state index contributed by atoms with van der Waals surface area (Å²) in [6.07, 6.45) is 0.630. The summed E-state index contributed by atoms with van der Waals surface area (Å²) in [4.78, 5) is 23.7. The summed E-state index contributed by atoms with van der Waals surface area (Å²) in [6, 6.07) is 12.2. The Morgan fingerprint density at radius 2 is 1.67 bits per heavy atom. The van der Waals surface area contributed by atoms with Gasteiger partial charge in [-0.25, -0.2) is 4.79 Å². The number of benzene rings is 2. The largest absolute Gasteiger partial charge is 0.493 e. The van der Waals surface area contributed by atoms with Crippen molar-refractivity contribution in [1.82, 2.24) is 5.32 Å². The number of hydrogen-bond donors (Lipinski definition) is 1. The Bertz CT molecular complexity index is 790. The van der Waals surface area contributed by atoms with Gasteiger partial charge in [0.2, 0.25) is 0 Å². The minimum Gasteiger partial charge on any atom is -0.493 e. The van der Waals surface area contributed by atoms with E-state index in [1.807, 2.05) is 18.2 Å². The normalized spacial score (nSPS) is 10.0. The molecule has 2 aromatic carbocycles. The molecule has 7 heteroatoms. The zero-order valence-corrected chi connectivity index (χ0v) is 15.6. The maximum atomic E-state index is 12.0. The lowest BCUT2D eigenvalue weighted by molar-refractivity contribution is -0.123. The third-order valence-electron chi connectivity index (χ3n) is 3.83. The van der Waals surface area contributed by atoms with Crippen LogP contribution in [-0.4, -0.2) is 46.4 Å². The average Bonchev–Trinajstić information content (AvgIpc) is 2.71. The Labute approximate surface area is 158 Å². The second-order valence-electron chi connectivity index (χ2n) is 5.57. The molecule has 2 rings (SSSR count). The molecule has 0 bridgehead atoms. The van der Waals surface area contributed by atoms with Gasteiger partial charge in [0.1, 0.15) is 11.3 Å². The number of para-hydroxylation sites is 1. The lowest BCUT2D eigenvalue weighted by atomic mass is 10.1. The van der Waals surface area contributed by atoms with E-state index in [9.17, 15) is 9.59 Å². The third-order valence-corrected chi connectivity index (χ3v) is 3.83. The quantitative estimate of drug-likeness (QED) is 0.679. The number of nitrogens with one attached hydrogen (secondary N) is 1. The van der Waals surface area contributed by atoms with Crippen LogP contribution < -0.4 is 19.5 Å². The minimum atomic E-state index is -0.514.